The van der Waals surface area contributed by atoms with Gasteiger partial charge >= 0.3 is 0 Å². The van der Waals surface area contributed by atoms with Gasteiger partial charge in [-0.15, -0.1) is 0 Å². The molecule has 0 aliphatic rings. The molecule has 0 aliphatic carbocycles. The van der Waals surface area contributed by atoms with Crippen molar-refractivity contribution in [2.75, 3.05) is 27.2 Å². The average molecular weight is 428 g/mol. The highest BCUT2D eigenvalue weighted by atomic mass is 16.3. The molecule has 0 unspecified atom stereocenters. The summed E-state index contributed by atoms with van der Waals surface area (Å²) in [6, 6.07) is 16.5. The van der Waals surface area contributed by atoms with Gasteiger partial charge in [0.25, 0.3) is 0 Å². The topological polar surface area (TPSA) is 93.8 Å². The quantitative estimate of drug-likeness (QED) is 0.375. The summed E-state index contributed by atoms with van der Waals surface area (Å²) in [6.07, 6.45) is 0. The Kier molecular flexibility index (Phi) is 4.83. The molecule has 0 spiro atoms. The Hall–Kier alpha value is -3.84. The highest BCUT2D eigenvalue weighted by Gasteiger charge is 2.22. The van der Waals surface area contributed by atoms with Crippen LogP contribution < -0.4 is 10.8 Å². The van der Waals surface area contributed by atoms with E-state index in [1.807, 2.05) is 66.1 Å². The van der Waals surface area contributed by atoms with E-state index in [1.165, 1.54) is 12.1 Å². The lowest BCUT2D eigenvalue weighted by Crippen LogP contribution is -2.17. The van der Waals surface area contributed by atoms with Crippen LogP contribution >= 0.6 is 0 Å². The number of nitrogens with one attached hydrogen (secondary N) is 1. The van der Waals surface area contributed by atoms with Gasteiger partial charge in [-0.1, -0.05) is 30.3 Å². The number of benzene rings is 4. The number of nitrogens with zero attached hydrogens (tertiary/aromatic N) is 3. The number of aromatic nitrogens is 2. The molecule has 32 heavy (non-hydrogen) atoms. The molecule has 5 rings (SSSR count). The van der Waals surface area contributed by atoms with E-state index in [9.17, 15) is 15.0 Å². The van der Waals surface area contributed by atoms with Gasteiger partial charge in [0, 0.05) is 11.9 Å². The number of rotatable bonds is 5. The molecule has 0 saturated heterocycles. The van der Waals surface area contributed by atoms with Gasteiger partial charge in [0.05, 0.1) is 45.6 Å². The maximum atomic E-state index is 12.8. The van der Waals surface area contributed by atoms with E-state index in [2.05, 4.69) is 5.10 Å². The number of H-pyrrole nitrogens is 1. The summed E-state index contributed by atoms with van der Waals surface area (Å²) < 4.78 is 1.96. The van der Waals surface area contributed by atoms with Crippen LogP contribution in [0, 0.1) is 0 Å². The van der Waals surface area contributed by atoms with Gasteiger partial charge in [0.1, 0.15) is 11.5 Å². The lowest BCUT2D eigenvalue weighted by atomic mass is 9.99. The van der Waals surface area contributed by atoms with Crippen LogP contribution in [0.15, 0.2) is 64.4 Å². The lowest BCUT2D eigenvalue weighted by molar-refractivity contribution is 0.419. The van der Waals surface area contributed by atoms with E-state index in [0.29, 0.717) is 29.3 Å². The Bertz CT molecular complexity index is 1570. The van der Waals surface area contributed by atoms with E-state index >= 15 is 0 Å². The molecular weight excluding hydrogens is 404 g/mol. The van der Waals surface area contributed by atoms with Crippen LogP contribution in [0.5, 0.6) is 11.5 Å². The van der Waals surface area contributed by atoms with Crippen LogP contribution in [0.1, 0.15) is 5.56 Å². The summed E-state index contributed by atoms with van der Waals surface area (Å²) in [4.78, 5) is 19.6. The normalized spacial score (nSPS) is 12.7. The number of hydrogen-bond donors (Lipinski definition) is 3. The number of phenols is 2. The Balaban J connectivity index is 1.89. The van der Waals surface area contributed by atoms with Gasteiger partial charge < -0.3 is 15.1 Å². The summed E-state index contributed by atoms with van der Waals surface area (Å²) in [5.41, 5.74) is 2.27. The Morgan fingerprint density at radius 1 is 0.938 bits per heavy atom. The zero-order chi connectivity index (χ0) is 22.4. The van der Waals surface area contributed by atoms with Crippen molar-refractivity contribution in [1.29, 1.82) is 0 Å². The van der Waals surface area contributed by atoms with Crippen LogP contribution in [0.2, 0.25) is 0 Å². The zero-order valence-corrected chi connectivity index (χ0v) is 18.0. The van der Waals surface area contributed by atoms with E-state index in [0.717, 1.165) is 23.0 Å². The van der Waals surface area contributed by atoms with Crippen LogP contribution in [-0.2, 0) is 6.54 Å². The molecule has 1 heterocycles. The van der Waals surface area contributed by atoms with Gasteiger partial charge in [-0.25, -0.2) is 0 Å². The fourth-order valence-electron chi connectivity index (χ4n) is 4.31. The molecule has 0 saturated carbocycles. The van der Waals surface area contributed by atoms with E-state index < -0.39 is 0 Å². The minimum atomic E-state index is -0.264. The predicted octanol–water partition coefficient (Wildman–Crippen LogP) is 3.00. The summed E-state index contributed by atoms with van der Waals surface area (Å²) >= 11 is 0. The van der Waals surface area contributed by atoms with Crippen molar-refractivity contribution in [2.45, 2.75) is 6.54 Å². The Morgan fingerprint density at radius 2 is 1.72 bits per heavy atom. The highest BCUT2D eigenvalue weighted by Crippen LogP contribution is 2.41. The van der Waals surface area contributed by atoms with Crippen molar-refractivity contribution in [3.8, 4) is 11.5 Å². The SMILES string of the molecule is CN(C)CCN=c1ccc2c3c1c(O)c1c(O)ccc(=O)c1c3[nH]n2Cc1ccccc1. The summed E-state index contributed by atoms with van der Waals surface area (Å²) in [7, 11) is 3.96. The maximum absolute atomic E-state index is 12.8. The molecule has 0 bridgehead atoms. The number of fused-ring (bicyclic) bond motifs is 2. The van der Waals surface area contributed by atoms with Crippen LogP contribution in [0.25, 0.3) is 32.6 Å². The molecule has 0 radical (unpaired) electrons. The molecule has 3 N–H and O–H groups in total. The maximum Gasteiger partial charge on any atom is 0.189 e. The standard InChI is InChI=1S/C25H24N4O3/c1-28(2)13-12-26-16-8-9-17-21-20(16)25(32)23-19(31)11-10-18(30)22(23)24(21)27-29(17)14-15-6-4-3-5-7-15/h3-11,27,31-32H,12-14H2,1-2H3. The average Bonchev–Trinajstić information content (AvgIpc) is 3.13. The number of phenolic OH excluding ortho intramolecular Hbond substituents is 2. The first-order valence-electron chi connectivity index (χ1n) is 10.5. The summed E-state index contributed by atoms with van der Waals surface area (Å²) in [6.45, 7) is 1.89. The molecular formula is C25H24N4O3. The lowest BCUT2D eigenvalue weighted by Gasteiger charge is -2.09. The van der Waals surface area contributed by atoms with Crippen molar-refractivity contribution < 1.29 is 10.2 Å². The minimum Gasteiger partial charge on any atom is -0.507 e. The van der Waals surface area contributed by atoms with Crippen LogP contribution in [0.4, 0.5) is 0 Å². The van der Waals surface area contributed by atoms with Crippen molar-refractivity contribution in [3.05, 3.63) is 75.7 Å². The molecule has 0 atom stereocenters. The summed E-state index contributed by atoms with van der Waals surface area (Å²) in [5, 5.41) is 27.5. The number of hydrogen-bond acceptors (Lipinski definition) is 5. The first kappa shape index (κ1) is 20.1. The Morgan fingerprint density at radius 3 is 2.47 bits per heavy atom. The monoisotopic (exact) mass is 428 g/mol. The molecule has 5 aromatic rings. The third-order valence-corrected chi connectivity index (χ3v) is 5.83. The van der Waals surface area contributed by atoms with Crippen molar-refractivity contribution >= 4 is 32.6 Å². The summed E-state index contributed by atoms with van der Waals surface area (Å²) in [5.74, 6) is -0.258. The molecule has 0 amide bonds. The van der Waals surface area contributed by atoms with E-state index in [1.54, 1.807) is 0 Å². The largest absolute Gasteiger partial charge is 0.507 e. The first-order chi connectivity index (χ1) is 15.5. The third kappa shape index (κ3) is 3.18. The number of aromatic amines is 1. The first-order valence-corrected chi connectivity index (χ1v) is 10.5. The molecule has 0 fully saturated rings. The third-order valence-electron chi connectivity index (χ3n) is 5.83. The fraction of sp³-hybridized carbons (Fsp3) is 0.200. The zero-order valence-electron chi connectivity index (χ0n) is 18.0. The predicted molar refractivity (Wildman–Crippen MR) is 127 cm³/mol. The molecule has 4 aromatic carbocycles. The fourth-order valence-corrected chi connectivity index (χ4v) is 4.31. The van der Waals surface area contributed by atoms with Crippen molar-refractivity contribution in [1.82, 2.24) is 14.7 Å². The second kappa shape index (κ2) is 7.69. The van der Waals surface area contributed by atoms with Gasteiger partial charge in [0.15, 0.2) is 5.43 Å². The Labute approximate surface area is 183 Å². The molecule has 7 nitrogen and oxygen atoms in total. The van der Waals surface area contributed by atoms with Crippen molar-refractivity contribution in [3.63, 3.8) is 0 Å². The van der Waals surface area contributed by atoms with Crippen molar-refractivity contribution in [2.24, 2.45) is 4.99 Å². The smallest absolute Gasteiger partial charge is 0.189 e. The van der Waals surface area contributed by atoms with Gasteiger partial charge in [-0.05, 0) is 43.9 Å². The molecule has 162 valence electrons. The van der Waals surface area contributed by atoms with E-state index in [-0.39, 0.29) is 27.7 Å². The molecule has 0 aliphatic heterocycles. The second-order valence-corrected chi connectivity index (χ2v) is 8.28. The minimum absolute atomic E-state index is 0.122. The molecule has 1 aromatic heterocycles. The molecule has 7 heteroatoms. The van der Waals surface area contributed by atoms with Crippen LogP contribution in [0.3, 0.4) is 0 Å². The highest BCUT2D eigenvalue weighted by molar-refractivity contribution is 6.23. The second-order valence-electron chi connectivity index (χ2n) is 8.28. The van der Waals surface area contributed by atoms with Gasteiger partial charge in [0.2, 0.25) is 0 Å². The van der Waals surface area contributed by atoms with Gasteiger partial charge in [-0.2, -0.15) is 0 Å². The number of aromatic hydroxyl groups is 2. The van der Waals surface area contributed by atoms with Crippen LogP contribution in [-0.4, -0.2) is 52.1 Å². The van der Waals surface area contributed by atoms with Gasteiger partial charge in [-0.3, -0.25) is 19.6 Å². The van der Waals surface area contributed by atoms with E-state index in [4.69, 9.17) is 4.99 Å². The number of likely N-dealkylation sites (N-methyl/N-ethyl adjacent to an activating group) is 1.